The monoisotopic (exact) mass is 262 g/mol. The van der Waals surface area contributed by atoms with Crippen molar-refractivity contribution in [1.82, 2.24) is 14.7 Å². The molecule has 0 radical (unpaired) electrons. The zero-order valence-electron chi connectivity index (χ0n) is 10.8. The van der Waals surface area contributed by atoms with Gasteiger partial charge in [0.1, 0.15) is 5.65 Å². The summed E-state index contributed by atoms with van der Waals surface area (Å²) in [7, 11) is 1.89. The molecule has 1 fully saturated rings. The van der Waals surface area contributed by atoms with E-state index in [2.05, 4.69) is 10.3 Å². The molecule has 2 aromatic rings. The highest BCUT2D eigenvalue weighted by Gasteiger charge is 2.32. The Morgan fingerprint density at radius 2 is 2.05 bits per heavy atom. The van der Waals surface area contributed by atoms with Gasteiger partial charge in [-0.1, -0.05) is 6.07 Å². The second-order valence-corrected chi connectivity index (χ2v) is 4.88. The van der Waals surface area contributed by atoms with Crippen LogP contribution in [0.5, 0.6) is 0 Å². The first-order valence-corrected chi connectivity index (χ1v) is 6.42. The van der Waals surface area contributed by atoms with E-state index >= 15 is 0 Å². The minimum absolute atomic E-state index is 0.418. The van der Waals surface area contributed by atoms with Crippen LogP contribution in [0.4, 0.5) is 5.82 Å². The maximum atomic E-state index is 9.68. The summed E-state index contributed by atoms with van der Waals surface area (Å²) in [5, 5.41) is 22.5. The van der Waals surface area contributed by atoms with Gasteiger partial charge in [0.15, 0.2) is 5.82 Å². The molecule has 102 valence electrons. The molecular weight excluding hydrogens is 244 g/mol. The number of hydrogen-bond donors (Lipinski definition) is 3. The number of nitrogens with zero attached hydrogens (tertiary/aromatic N) is 3. The number of β-amino-alcohol motifs (C(OH)–C–C–N with tert-alkyl or cyclic N) is 2. The van der Waals surface area contributed by atoms with E-state index in [1.165, 1.54) is 0 Å². The van der Waals surface area contributed by atoms with Gasteiger partial charge < -0.3 is 24.8 Å². The molecule has 0 bridgehead atoms. The van der Waals surface area contributed by atoms with Crippen LogP contribution in [-0.4, -0.2) is 51.9 Å². The average molecular weight is 262 g/mol. The van der Waals surface area contributed by atoms with E-state index in [-0.39, 0.29) is 0 Å². The number of hydrogen-bond acceptors (Lipinski definition) is 5. The van der Waals surface area contributed by atoms with Crippen LogP contribution in [0.15, 0.2) is 24.4 Å². The molecule has 2 unspecified atom stereocenters. The Bertz CT molecular complexity index is 573. The molecule has 1 aliphatic heterocycles. The number of aromatic nitrogens is 2. The largest absolute Gasteiger partial charge is 0.389 e. The topological polar surface area (TPSA) is 73.0 Å². The first kappa shape index (κ1) is 12.4. The lowest BCUT2D eigenvalue weighted by atomic mass is 10.3. The average Bonchev–Trinajstić information content (AvgIpc) is 2.92. The number of aliphatic hydroxyl groups excluding tert-OH is 2. The number of imidazole rings is 1. The van der Waals surface area contributed by atoms with Crippen molar-refractivity contribution < 1.29 is 10.2 Å². The van der Waals surface area contributed by atoms with Gasteiger partial charge in [0.25, 0.3) is 0 Å². The number of pyridine rings is 1. The van der Waals surface area contributed by atoms with Crippen LogP contribution in [0.25, 0.3) is 5.65 Å². The van der Waals surface area contributed by atoms with Crippen LogP contribution in [0.2, 0.25) is 0 Å². The van der Waals surface area contributed by atoms with E-state index in [0.29, 0.717) is 19.6 Å². The number of nitrogens with one attached hydrogen (secondary N) is 1. The standard InChI is InChI=1S/C13H18N4O2/c1-14-6-9-13(16-7-10(18)11(19)8-16)15-12-4-2-3-5-17(9)12/h2-5,10-11,14,18-19H,6-8H2,1H3. The van der Waals surface area contributed by atoms with Gasteiger partial charge in [0, 0.05) is 25.8 Å². The fourth-order valence-corrected chi connectivity index (χ4v) is 2.56. The van der Waals surface area contributed by atoms with Gasteiger partial charge in [-0.15, -0.1) is 0 Å². The van der Waals surface area contributed by atoms with E-state index < -0.39 is 12.2 Å². The highest BCUT2D eigenvalue weighted by molar-refractivity contribution is 5.56. The SMILES string of the molecule is CNCc1c(N2CC(O)C(O)C2)nc2ccccn12. The lowest BCUT2D eigenvalue weighted by Gasteiger charge is -2.16. The highest BCUT2D eigenvalue weighted by atomic mass is 16.3. The molecule has 0 aliphatic carbocycles. The number of aliphatic hydroxyl groups is 2. The fourth-order valence-electron chi connectivity index (χ4n) is 2.56. The molecule has 19 heavy (non-hydrogen) atoms. The third-order valence-corrected chi connectivity index (χ3v) is 3.51. The number of rotatable bonds is 3. The van der Waals surface area contributed by atoms with Crippen LogP contribution in [0.1, 0.15) is 5.69 Å². The van der Waals surface area contributed by atoms with E-state index in [0.717, 1.165) is 17.2 Å². The Kier molecular flexibility index (Phi) is 3.14. The Labute approximate surface area is 111 Å². The molecule has 0 saturated carbocycles. The molecule has 2 atom stereocenters. The van der Waals surface area contributed by atoms with E-state index in [9.17, 15) is 10.2 Å². The summed E-state index contributed by atoms with van der Waals surface area (Å²) in [6, 6.07) is 5.86. The minimum atomic E-state index is -0.702. The molecule has 6 nitrogen and oxygen atoms in total. The summed E-state index contributed by atoms with van der Waals surface area (Å²) in [5.74, 6) is 0.830. The molecule has 3 heterocycles. The highest BCUT2D eigenvalue weighted by Crippen LogP contribution is 2.25. The van der Waals surface area contributed by atoms with Crippen molar-refractivity contribution in [1.29, 1.82) is 0 Å². The Hall–Kier alpha value is -1.63. The van der Waals surface area contributed by atoms with Crippen LogP contribution in [0.3, 0.4) is 0 Å². The lowest BCUT2D eigenvalue weighted by molar-refractivity contribution is 0.0572. The predicted octanol–water partition coefficient (Wildman–Crippen LogP) is -0.405. The van der Waals surface area contributed by atoms with E-state index in [1.807, 2.05) is 40.7 Å². The van der Waals surface area contributed by atoms with Crippen molar-refractivity contribution in [3.8, 4) is 0 Å². The third kappa shape index (κ3) is 2.07. The molecule has 6 heteroatoms. The summed E-state index contributed by atoms with van der Waals surface area (Å²) in [5.41, 5.74) is 1.91. The van der Waals surface area contributed by atoms with Crippen molar-refractivity contribution in [2.24, 2.45) is 0 Å². The maximum Gasteiger partial charge on any atom is 0.152 e. The Morgan fingerprint density at radius 1 is 1.32 bits per heavy atom. The second kappa shape index (κ2) is 4.80. The normalized spacial score (nSPS) is 23.4. The summed E-state index contributed by atoms with van der Waals surface area (Å²) in [4.78, 5) is 6.55. The van der Waals surface area contributed by atoms with Gasteiger partial charge in [-0.3, -0.25) is 0 Å². The Balaban J connectivity index is 2.05. The minimum Gasteiger partial charge on any atom is -0.389 e. The quantitative estimate of drug-likeness (QED) is 0.702. The predicted molar refractivity (Wildman–Crippen MR) is 72.2 cm³/mol. The van der Waals surface area contributed by atoms with Crippen LogP contribution in [0, 0.1) is 0 Å². The first-order valence-electron chi connectivity index (χ1n) is 6.42. The van der Waals surface area contributed by atoms with Gasteiger partial charge in [0.2, 0.25) is 0 Å². The molecule has 3 rings (SSSR count). The van der Waals surface area contributed by atoms with Crippen LogP contribution < -0.4 is 10.2 Å². The maximum absolute atomic E-state index is 9.68. The fraction of sp³-hybridized carbons (Fsp3) is 0.462. The second-order valence-electron chi connectivity index (χ2n) is 4.88. The van der Waals surface area contributed by atoms with Gasteiger partial charge in [-0.2, -0.15) is 0 Å². The van der Waals surface area contributed by atoms with Crippen molar-refractivity contribution in [3.63, 3.8) is 0 Å². The molecule has 0 aromatic carbocycles. The molecule has 1 aliphatic rings. The molecule has 2 aromatic heterocycles. The molecule has 0 spiro atoms. The van der Waals surface area contributed by atoms with Gasteiger partial charge in [-0.05, 0) is 19.2 Å². The van der Waals surface area contributed by atoms with Crippen LogP contribution >= 0.6 is 0 Å². The Morgan fingerprint density at radius 3 is 2.74 bits per heavy atom. The van der Waals surface area contributed by atoms with Crippen molar-refractivity contribution in [2.75, 3.05) is 25.0 Å². The zero-order valence-corrected chi connectivity index (χ0v) is 10.8. The summed E-state index contributed by atoms with van der Waals surface area (Å²) >= 11 is 0. The van der Waals surface area contributed by atoms with E-state index in [1.54, 1.807) is 0 Å². The molecule has 0 amide bonds. The van der Waals surface area contributed by atoms with Crippen LogP contribution in [-0.2, 0) is 6.54 Å². The molecule has 3 N–H and O–H groups in total. The van der Waals surface area contributed by atoms with Gasteiger partial charge >= 0.3 is 0 Å². The number of fused-ring (bicyclic) bond motifs is 1. The van der Waals surface area contributed by atoms with Gasteiger partial charge in [0.05, 0.1) is 17.9 Å². The summed E-state index contributed by atoms with van der Waals surface area (Å²) in [6.07, 6.45) is 0.570. The summed E-state index contributed by atoms with van der Waals surface area (Å²) in [6.45, 7) is 1.52. The third-order valence-electron chi connectivity index (χ3n) is 3.51. The lowest BCUT2D eigenvalue weighted by Crippen LogP contribution is -2.24. The molecule has 1 saturated heterocycles. The smallest absolute Gasteiger partial charge is 0.152 e. The van der Waals surface area contributed by atoms with Crippen molar-refractivity contribution in [3.05, 3.63) is 30.1 Å². The first-order chi connectivity index (χ1) is 9.20. The zero-order chi connectivity index (χ0) is 13.4. The van der Waals surface area contributed by atoms with Crippen molar-refractivity contribution >= 4 is 11.5 Å². The van der Waals surface area contributed by atoms with Gasteiger partial charge in [-0.25, -0.2) is 4.98 Å². The summed E-state index contributed by atoms with van der Waals surface area (Å²) < 4.78 is 2.03. The number of anilines is 1. The van der Waals surface area contributed by atoms with E-state index in [4.69, 9.17) is 0 Å². The molecular formula is C13H18N4O2. The van der Waals surface area contributed by atoms with Crippen molar-refractivity contribution in [2.45, 2.75) is 18.8 Å².